The highest BCUT2D eigenvalue weighted by Crippen LogP contribution is 2.37. The zero-order chi connectivity index (χ0) is 18.7. The second-order valence-corrected chi connectivity index (χ2v) is 6.12. The minimum Gasteiger partial charge on any atom is -0.357 e. The fraction of sp³-hybridized carbons (Fsp3) is 0.118. The van der Waals surface area contributed by atoms with E-state index in [0.29, 0.717) is 17.5 Å². The third-order valence-electron chi connectivity index (χ3n) is 3.47. The van der Waals surface area contributed by atoms with Crippen molar-refractivity contribution in [1.29, 1.82) is 0 Å². The number of nitrogens with zero attached hydrogens (tertiary/aromatic N) is 3. The van der Waals surface area contributed by atoms with Crippen LogP contribution in [0.25, 0.3) is 11.3 Å². The van der Waals surface area contributed by atoms with Gasteiger partial charge in [-0.25, -0.2) is 4.98 Å². The molecule has 0 spiro atoms. The summed E-state index contributed by atoms with van der Waals surface area (Å²) in [5, 5.41) is 5.74. The van der Waals surface area contributed by atoms with Crippen LogP contribution < -0.4 is 10.6 Å². The Kier molecular flexibility index (Phi) is 5.08. The van der Waals surface area contributed by atoms with Crippen molar-refractivity contribution in [2.75, 3.05) is 17.7 Å². The van der Waals surface area contributed by atoms with Gasteiger partial charge in [0.25, 0.3) is 0 Å². The SMILES string of the molecule is CNc1nc(Nc2ccc(Br)c(C(F)(F)F)c2)cc(-c2ccncc2)n1. The normalized spacial score (nSPS) is 11.3. The van der Waals surface area contributed by atoms with Gasteiger partial charge in [0, 0.05) is 41.2 Å². The molecule has 0 saturated carbocycles. The molecular weight excluding hydrogens is 411 g/mol. The molecule has 2 aromatic heterocycles. The summed E-state index contributed by atoms with van der Waals surface area (Å²) < 4.78 is 39.2. The van der Waals surface area contributed by atoms with Crippen molar-refractivity contribution < 1.29 is 13.2 Å². The lowest BCUT2D eigenvalue weighted by Crippen LogP contribution is -2.07. The van der Waals surface area contributed by atoms with Crippen LogP contribution in [-0.2, 0) is 6.18 Å². The molecule has 2 heterocycles. The number of alkyl halides is 3. The number of rotatable bonds is 4. The second-order valence-electron chi connectivity index (χ2n) is 5.27. The average Bonchev–Trinajstić information content (AvgIpc) is 2.63. The van der Waals surface area contributed by atoms with Gasteiger partial charge in [0.05, 0.1) is 11.3 Å². The molecule has 5 nitrogen and oxygen atoms in total. The van der Waals surface area contributed by atoms with E-state index in [1.165, 1.54) is 12.1 Å². The largest absolute Gasteiger partial charge is 0.417 e. The number of nitrogens with one attached hydrogen (secondary N) is 2. The van der Waals surface area contributed by atoms with Crippen LogP contribution in [0.5, 0.6) is 0 Å². The number of hydrogen-bond donors (Lipinski definition) is 2. The van der Waals surface area contributed by atoms with Crippen molar-refractivity contribution in [3.63, 3.8) is 0 Å². The highest BCUT2D eigenvalue weighted by Gasteiger charge is 2.33. The van der Waals surface area contributed by atoms with Gasteiger partial charge in [-0.2, -0.15) is 18.2 Å². The van der Waals surface area contributed by atoms with E-state index in [4.69, 9.17) is 0 Å². The molecule has 3 aromatic rings. The number of pyridine rings is 1. The lowest BCUT2D eigenvalue weighted by molar-refractivity contribution is -0.138. The number of aromatic nitrogens is 3. The number of hydrogen-bond acceptors (Lipinski definition) is 5. The van der Waals surface area contributed by atoms with Crippen LogP contribution in [0.15, 0.2) is 53.3 Å². The monoisotopic (exact) mass is 423 g/mol. The van der Waals surface area contributed by atoms with E-state index in [9.17, 15) is 13.2 Å². The Labute approximate surface area is 155 Å². The Bertz CT molecular complexity index is 916. The van der Waals surface area contributed by atoms with E-state index < -0.39 is 11.7 Å². The molecule has 0 radical (unpaired) electrons. The molecule has 2 N–H and O–H groups in total. The van der Waals surface area contributed by atoms with Gasteiger partial charge < -0.3 is 10.6 Å². The van der Waals surface area contributed by atoms with Gasteiger partial charge in [-0.05, 0) is 30.3 Å². The van der Waals surface area contributed by atoms with Crippen molar-refractivity contribution in [1.82, 2.24) is 15.0 Å². The van der Waals surface area contributed by atoms with Crippen molar-refractivity contribution in [2.45, 2.75) is 6.18 Å². The molecule has 0 aliphatic rings. The first-order valence-electron chi connectivity index (χ1n) is 7.48. The summed E-state index contributed by atoms with van der Waals surface area (Å²) in [6.45, 7) is 0. The molecular formula is C17H13BrF3N5. The molecule has 26 heavy (non-hydrogen) atoms. The Balaban J connectivity index is 1.98. The van der Waals surface area contributed by atoms with Crippen LogP contribution in [-0.4, -0.2) is 22.0 Å². The van der Waals surface area contributed by atoms with Crippen molar-refractivity contribution in [2.24, 2.45) is 0 Å². The van der Waals surface area contributed by atoms with Gasteiger partial charge in [0.15, 0.2) is 0 Å². The van der Waals surface area contributed by atoms with Crippen molar-refractivity contribution in [3.05, 3.63) is 58.8 Å². The summed E-state index contributed by atoms with van der Waals surface area (Å²) in [5.41, 5.74) is 0.929. The fourth-order valence-electron chi connectivity index (χ4n) is 2.26. The van der Waals surface area contributed by atoms with Gasteiger partial charge in [0.1, 0.15) is 5.82 Å². The van der Waals surface area contributed by atoms with Gasteiger partial charge >= 0.3 is 6.18 Å². The van der Waals surface area contributed by atoms with E-state index >= 15 is 0 Å². The average molecular weight is 424 g/mol. The quantitative estimate of drug-likeness (QED) is 0.610. The summed E-state index contributed by atoms with van der Waals surface area (Å²) in [6, 6.07) is 9.13. The van der Waals surface area contributed by atoms with Crippen LogP contribution in [0, 0.1) is 0 Å². The van der Waals surface area contributed by atoms with Crippen LogP contribution in [0.2, 0.25) is 0 Å². The predicted molar refractivity (Wildman–Crippen MR) is 97.2 cm³/mol. The standard InChI is InChI=1S/C17H13BrF3N5/c1-22-16-25-14(10-4-6-23-7-5-10)9-15(26-16)24-11-2-3-13(18)12(8-11)17(19,20)21/h2-9H,1H3,(H2,22,24,25,26). The lowest BCUT2D eigenvalue weighted by atomic mass is 10.2. The number of benzene rings is 1. The Morgan fingerprint density at radius 3 is 2.38 bits per heavy atom. The van der Waals surface area contributed by atoms with Crippen LogP contribution in [0.4, 0.5) is 30.6 Å². The molecule has 0 fully saturated rings. The fourth-order valence-corrected chi connectivity index (χ4v) is 2.73. The molecule has 0 aliphatic carbocycles. The second kappa shape index (κ2) is 7.28. The van der Waals surface area contributed by atoms with Crippen molar-refractivity contribution >= 4 is 33.4 Å². The first kappa shape index (κ1) is 18.1. The molecule has 0 atom stereocenters. The highest BCUT2D eigenvalue weighted by atomic mass is 79.9. The van der Waals surface area contributed by atoms with Crippen LogP contribution >= 0.6 is 15.9 Å². The lowest BCUT2D eigenvalue weighted by Gasteiger charge is -2.13. The zero-order valence-corrected chi connectivity index (χ0v) is 15.1. The summed E-state index contributed by atoms with van der Waals surface area (Å²) in [6.07, 6.45) is -1.19. The molecule has 134 valence electrons. The van der Waals surface area contributed by atoms with E-state index in [0.717, 1.165) is 11.6 Å². The minimum absolute atomic E-state index is 0.0216. The van der Waals surface area contributed by atoms with Gasteiger partial charge in [-0.15, -0.1) is 0 Å². The molecule has 0 saturated heterocycles. The maximum Gasteiger partial charge on any atom is 0.417 e. The first-order chi connectivity index (χ1) is 12.4. The van der Waals surface area contributed by atoms with E-state index in [-0.39, 0.29) is 10.2 Å². The number of anilines is 3. The molecule has 0 unspecified atom stereocenters. The van der Waals surface area contributed by atoms with Crippen LogP contribution in [0.1, 0.15) is 5.56 Å². The number of halogens is 4. The predicted octanol–water partition coefficient (Wildman–Crippen LogP) is 5.11. The van der Waals surface area contributed by atoms with E-state index in [2.05, 4.69) is 41.5 Å². The highest BCUT2D eigenvalue weighted by molar-refractivity contribution is 9.10. The van der Waals surface area contributed by atoms with Crippen LogP contribution in [0.3, 0.4) is 0 Å². The Hall–Kier alpha value is -2.68. The van der Waals surface area contributed by atoms with Gasteiger partial charge in [-0.3, -0.25) is 4.98 Å². The molecule has 9 heteroatoms. The first-order valence-corrected chi connectivity index (χ1v) is 8.27. The Morgan fingerprint density at radius 2 is 1.73 bits per heavy atom. The van der Waals surface area contributed by atoms with E-state index in [1.807, 2.05) is 0 Å². The van der Waals surface area contributed by atoms with E-state index in [1.54, 1.807) is 37.6 Å². The Morgan fingerprint density at radius 1 is 1.00 bits per heavy atom. The topological polar surface area (TPSA) is 62.7 Å². The third kappa shape index (κ3) is 4.10. The molecule has 0 bridgehead atoms. The summed E-state index contributed by atoms with van der Waals surface area (Å²) in [4.78, 5) is 12.6. The maximum atomic E-state index is 13.1. The molecule has 0 amide bonds. The minimum atomic E-state index is -4.46. The van der Waals surface area contributed by atoms with Gasteiger partial charge in [-0.1, -0.05) is 15.9 Å². The summed E-state index contributed by atoms with van der Waals surface area (Å²) in [7, 11) is 1.66. The zero-order valence-electron chi connectivity index (χ0n) is 13.5. The van der Waals surface area contributed by atoms with Crippen molar-refractivity contribution in [3.8, 4) is 11.3 Å². The molecule has 0 aliphatic heterocycles. The molecule has 3 rings (SSSR count). The molecule has 1 aromatic carbocycles. The summed E-state index contributed by atoms with van der Waals surface area (Å²) in [5.74, 6) is 0.710. The van der Waals surface area contributed by atoms with Gasteiger partial charge in [0.2, 0.25) is 5.95 Å². The smallest absolute Gasteiger partial charge is 0.357 e. The summed E-state index contributed by atoms with van der Waals surface area (Å²) >= 11 is 2.93. The third-order valence-corrected chi connectivity index (χ3v) is 4.16. The maximum absolute atomic E-state index is 13.1.